The van der Waals surface area contributed by atoms with E-state index in [1.807, 2.05) is 57.2 Å². The number of nitrogens with one attached hydrogen (secondary N) is 1. The van der Waals surface area contributed by atoms with E-state index in [0.29, 0.717) is 5.75 Å². The molecule has 2 aromatic rings. The largest absolute Gasteiger partial charge is 0.482 e. The van der Waals surface area contributed by atoms with E-state index in [0.717, 1.165) is 26.9 Å². The highest BCUT2D eigenvalue weighted by atomic mass is 79.9. The standard InChI is InChI=1S/C17H18BrNO2/c1-11-4-6-14(7-5-11)19-16(20)10-21-17-13(3)8-12(2)9-15(17)18/h4-9H,10H2,1-3H3,(H,19,20). The van der Waals surface area contributed by atoms with Crippen molar-refractivity contribution in [3.63, 3.8) is 0 Å². The first-order valence-corrected chi connectivity index (χ1v) is 7.51. The second-order valence-electron chi connectivity index (χ2n) is 5.10. The zero-order valence-electron chi connectivity index (χ0n) is 12.4. The number of halogens is 1. The number of aryl methyl sites for hydroxylation is 3. The monoisotopic (exact) mass is 347 g/mol. The van der Waals surface area contributed by atoms with Crippen molar-refractivity contribution in [3.8, 4) is 5.75 Å². The fourth-order valence-corrected chi connectivity index (χ4v) is 2.85. The van der Waals surface area contributed by atoms with Gasteiger partial charge in [-0.15, -0.1) is 0 Å². The fourth-order valence-electron chi connectivity index (χ4n) is 2.06. The summed E-state index contributed by atoms with van der Waals surface area (Å²) in [6.45, 7) is 5.97. The molecule has 2 aromatic carbocycles. The normalized spacial score (nSPS) is 10.3. The maximum absolute atomic E-state index is 11.9. The van der Waals surface area contributed by atoms with Crippen molar-refractivity contribution in [1.29, 1.82) is 0 Å². The Hall–Kier alpha value is -1.81. The van der Waals surface area contributed by atoms with Gasteiger partial charge in [0.25, 0.3) is 5.91 Å². The van der Waals surface area contributed by atoms with Gasteiger partial charge in [-0.3, -0.25) is 4.79 Å². The molecular formula is C17H18BrNO2. The highest BCUT2D eigenvalue weighted by Crippen LogP contribution is 2.30. The average Bonchev–Trinajstić information content (AvgIpc) is 2.40. The molecule has 0 radical (unpaired) electrons. The van der Waals surface area contributed by atoms with Gasteiger partial charge in [0.1, 0.15) is 5.75 Å². The molecule has 0 spiro atoms. The maximum atomic E-state index is 11.9. The summed E-state index contributed by atoms with van der Waals surface area (Å²) in [5.74, 6) is 0.533. The first-order chi connectivity index (χ1) is 9.95. The highest BCUT2D eigenvalue weighted by Gasteiger charge is 2.09. The van der Waals surface area contributed by atoms with Crippen LogP contribution in [-0.4, -0.2) is 12.5 Å². The Labute approximate surface area is 133 Å². The molecule has 0 aliphatic carbocycles. The van der Waals surface area contributed by atoms with Gasteiger partial charge in [0.05, 0.1) is 4.47 Å². The zero-order chi connectivity index (χ0) is 15.4. The van der Waals surface area contributed by atoms with Gasteiger partial charge in [-0.1, -0.05) is 23.8 Å². The van der Waals surface area contributed by atoms with Crippen LogP contribution in [0.3, 0.4) is 0 Å². The second kappa shape index (κ2) is 6.76. The van der Waals surface area contributed by atoms with Crippen LogP contribution < -0.4 is 10.1 Å². The predicted octanol–water partition coefficient (Wildman–Crippen LogP) is 4.39. The van der Waals surface area contributed by atoms with Crippen LogP contribution in [0.2, 0.25) is 0 Å². The van der Waals surface area contributed by atoms with Gasteiger partial charge in [0.15, 0.2) is 6.61 Å². The fraction of sp³-hybridized carbons (Fsp3) is 0.235. The number of ether oxygens (including phenoxy) is 1. The van der Waals surface area contributed by atoms with Gasteiger partial charge >= 0.3 is 0 Å². The quantitative estimate of drug-likeness (QED) is 0.890. The Balaban J connectivity index is 1.97. The number of amides is 1. The van der Waals surface area contributed by atoms with Crippen LogP contribution in [-0.2, 0) is 4.79 Å². The van der Waals surface area contributed by atoms with Gasteiger partial charge in [-0.2, -0.15) is 0 Å². The number of carbonyl (C=O) groups excluding carboxylic acids is 1. The third-order valence-electron chi connectivity index (χ3n) is 3.06. The lowest BCUT2D eigenvalue weighted by molar-refractivity contribution is -0.118. The van der Waals surface area contributed by atoms with Gasteiger partial charge in [-0.25, -0.2) is 0 Å². The van der Waals surface area contributed by atoms with Crippen molar-refractivity contribution in [2.24, 2.45) is 0 Å². The topological polar surface area (TPSA) is 38.3 Å². The number of benzene rings is 2. The van der Waals surface area contributed by atoms with Gasteiger partial charge in [0, 0.05) is 5.69 Å². The lowest BCUT2D eigenvalue weighted by atomic mass is 10.1. The van der Waals surface area contributed by atoms with Crippen LogP contribution in [0.1, 0.15) is 16.7 Å². The lowest BCUT2D eigenvalue weighted by Gasteiger charge is -2.12. The molecule has 0 aliphatic rings. The van der Waals surface area contributed by atoms with Gasteiger partial charge in [0.2, 0.25) is 0 Å². The van der Waals surface area contributed by atoms with Crippen molar-refractivity contribution >= 4 is 27.5 Å². The molecule has 3 nitrogen and oxygen atoms in total. The summed E-state index contributed by atoms with van der Waals surface area (Å²) < 4.78 is 6.49. The van der Waals surface area contributed by atoms with Crippen LogP contribution in [0.5, 0.6) is 5.75 Å². The molecule has 1 amide bonds. The Morgan fingerprint density at radius 1 is 1.10 bits per heavy atom. The SMILES string of the molecule is Cc1ccc(NC(=O)COc2c(C)cc(C)cc2Br)cc1. The summed E-state index contributed by atoms with van der Waals surface area (Å²) in [6.07, 6.45) is 0. The molecule has 4 heteroatoms. The van der Waals surface area contributed by atoms with Crippen LogP contribution in [0.4, 0.5) is 5.69 Å². The number of hydrogen-bond donors (Lipinski definition) is 1. The second-order valence-corrected chi connectivity index (χ2v) is 5.95. The summed E-state index contributed by atoms with van der Waals surface area (Å²) in [6, 6.07) is 11.7. The zero-order valence-corrected chi connectivity index (χ0v) is 14.0. The Morgan fingerprint density at radius 2 is 1.76 bits per heavy atom. The third kappa shape index (κ3) is 4.33. The van der Waals surface area contributed by atoms with Crippen molar-refractivity contribution in [2.45, 2.75) is 20.8 Å². The third-order valence-corrected chi connectivity index (χ3v) is 3.65. The van der Waals surface area contributed by atoms with E-state index in [2.05, 4.69) is 21.2 Å². The van der Waals surface area contributed by atoms with E-state index in [-0.39, 0.29) is 12.5 Å². The molecule has 0 aromatic heterocycles. The van der Waals surface area contributed by atoms with Crippen molar-refractivity contribution < 1.29 is 9.53 Å². The van der Waals surface area contributed by atoms with Crippen LogP contribution in [0.25, 0.3) is 0 Å². The van der Waals surface area contributed by atoms with E-state index in [4.69, 9.17) is 4.74 Å². The predicted molar refractivity (Wildman–Crippen MR) is 88.9 cm³/mol. The minimum Gasteiger partial charge on any atom is -0.482 e. The first kappa shape index (κ1) is 15.6. The summed E-state index contributed by atoms with van der Waals surface area (Å²) in [5, 5.41) is 2.81. The molecule has 2 rings (SSSR count). The van der Waals surface area contributed by atoms with E-state index < -0.39 is 0 Å². The van der Waals surface area contributed by atoms with Crippen molar-refractivity contribution in [1.82, 2.24) is 0 Å². The van der Waals surface area contributed by atoms with Gasteiger partial charge < -0.3 is 10.1 Å². The molecule has 0 aliphatic heterocycles. The average molecular weight is 348 g/mol. The number of anilines is 1. The molecule has 21 heavy (non-hydrogen) atoms. The van der Waals surface area contributed by atoms with E-state index >= 15 is 0 Å². The molecule has 0 saturated carbocycles. The summed E-state index contributed by atoms with van der Waals surface area (Å²) >= 11 is 3.47. The molecule has 0 atom stereocenters. The summed E-state index contributed by atoms with van der Waals surface area (Å²) in [5.41, 5.74) is 4.08. The Kier molecular flexibility index (Phi) is 5.02. The molecule has 0 fully saturated rings. The molecule has 1 N–H and O–H groups in total. The number of carbonyl (C=O) groups is 1. The Morgan fingerprint density at radius 3 is 2.38 bits per heavy atom. The molecule has 0 saturated heterocycles. The highest BCUT2D eigenvalue weighted by molar-refractivity contribution is 9.10. The molecular weight excluding hydrogens is 330 g/mol. The van der Waals surface area contributed by atoms with E-state index in [1.54, 1.807) is 0 Å². The van der Waals surface area contributed by atoms with Gasteiger partial charge in [-0.05, 0) is 66.0 Å². The van der Waals surface area contributed by atoms with Crippen LogP contribution in [0, 0.1) is 20.8 Å². The molecule has 110 valence electrons. The van der Waals surface area contributed by atoms with Crippen LogP contribution >= 0.6 is 15.9 Å². The van der Waals surface area contributed by atoms with Crippen LogP contribution in [0.15, 0.2) is 40.9 Å². The Bertz CT molecular complexity index is 627. The van der Waals surface area contributed by atoms with Crippen molar-refractivity contribution in [2.75, 3.05) is 11.9 Å². The molecule has 0 bridgehead atoms. The summed E-state index contributed by atoms with van der Waals surface area (Å²) in [4.78, 5) is 11.9. The smallest absolute Gasteiger partial charge is 0.262 e. The summed E-state index contributed by atoms with van der Waals surface area (Å²) in [7, 11) is 0. The van der Waals surface area contributed by atoms with Crippen molar-refractivity contribution in [3.05, 3.63) is 57.6 Å². The maximum Gasteiger partial charge on any atom is 0.262 e. The van der Waals surface area contributed by atoms with E-state index in [9.17, 15) is 4.79 Å². The minimum absolute atomic E-state index is 0.0175. The first-order valence-electron chi connectivity index (χ1n) is 6.72. The lowest BCUT2D eigenvalue weighted by Crippen LogP contribution is -2.20. The molecule has 0 heterocycles. The van der Waals surface area contributed by atoms with E-state index in [1.165, 1.54) is 0 Å². The molecule has 0 unspecified atom stereocenters. The number of rotatable bonds is 4. The minimum atomic E-state index is -0.175. The number of hydrogen-bond acceptors (Lipinski definition) is 2.